The summed E-state index contributed by atoms with van der Waals surface area (Å²) in [7, 11) is 0.496. The van der Waals surface area contributed by atoms with Gasteiger partial charge >= 0.3 is 0 Å². The molecule has 0 radical (unpaired) electrons. The summed E-state index contributed by atoms with van der Waals surface area (Å²) in [5, 5.41) is 0. The van der Waals surface area contributed by atoms with Gasteiger partial charge in [-0.1, -0.05) is 12.1 Å². The van der Waals surface area contributed by atoms with Crippen molar-refractivity contribution in [3.63, 3.8) is 0 Å². The highest BCUT2D eigenvalue weighted by molar-refractivity contribution is 7.85. The minimum atomic E-state index is -1.07. The van der Waals surface area contributed by atoms with Crippen molar-refractivity contribution >= 4 is 10.8 Å². The summed E-state index contributed by atoms with van der Waals surface area (Å²) in [6, 6.07) is 7.23. The summed E-state index contributed by atoms with van der Waals surface area (Å²) in [5.41, 5.74) is 5.59. The zero-order valence-electron chi connectivity index (χ0n) is 8.40. The number of ether oxygens (including phenoxy) is 1. The molecule has 0 heterocycles. The summed E-state index contributed by atoms with van der Waals surface area (Å²) in [6.07, 6.45) is 0. The number of rotatable bonds is 4. The minimum absolute atomic E-state index is 0.0688. The Morgan fingerprint density at radius 1 is 1.50 bits per heavy atom. The highest BCUT2D eigenvalue weighted by Crippen LogP contribution is 2.21. The van der Waals surface area contributed by atoms with E-state index in [9.17, 15) is 4.21 Å². The highest BCUT2D eigenvalue weighted by Gasteiger charge is 2.10. The Kier molecular flexibility index (Phi) is 4.10. The Morgan fingerprint density at radius 3 is 2.71 bits per heavy atom. The zero-order chi connectivity index (χ0) is 10.6. The monoisotopic (exact) mass is 213 g/mol. The SMILES string of the molecule is COc1ccccc1S(=O)CC(C)N. The van der Waals surface area contributed by atoms with Crippen molar-refractivity contribution in [2.45, 2.75) is 17.9 Å². The molecule has 2 atom stereocenters. The predicted octanol–water partition coefficient (Wildman–Crippen LogP) is 1.15. The lowest BCUT2D eigenvalue weighted by atomic mass is 10.3. The lowest BCUT2D eigenvalue weighted by Gasteiger charge is -2.09. The van der Waals surface area contributed by atoms with Crippen molar-refractivity contribution in [1.29, 1.82) is 0 Å². The van der Waals surface area contributed by atoms with Crippen LogP contribution in [0.1, 0.15) is 6.92 Å². The van der Waals surface area contributed by atoms with Crippen LogP contribution in [0.25, 0.3) is 0 Å². The second kappa shape index (κ2) is 5.12. The molecule has 1 rings (SSSR count). The van der Waals surface area contributed by atoms with Crippen molar-refractivity contribution < 1.29 is 8.95 Å². The van der Waals surface area contributed by atoms with Crippen LogP contribution in [0.2, 0.25) is 0 Å². The maximum atomic E-state index is 11.8. The van der Waals surface area contributed by atoms with Gasteiger partial charge in [0.15, 0.2) is 0 Å². The van der Waals surface area contributed by atoms with Gasteiger partial charge in [-0.25, -0.2) is 0 Å². The van der Waals surface area contributed by atoms with Gasteiger partial charge in [-0.3, -0.25) is 4.21 Å². The second-order valence-electron chi connectivity index (χ2n) is 3.14. The van der Waals surface area contributed by atoms with Crippen molar-refractivity contribution in [2.75, 3.05) is 12.9 Å². The minimum Gasteiger partial charge on any atom is -0.495 e. The van der Waals surface area contributed by atoms with E-state index < -0.39 is 10.8 Å². The van der Waals surface area contributed by atoms with Crippen molar-refractivity contribution in [1.82, 2.24) is 0 Å². The molecule has 78 valence electrons. The fourth-order valence-corrected chi connectivity index (χ4v) is 2.40. The summed E-state index contributed by atoms with van der Waals surface area (Å²) >= 11 is 0. The van der Waals surface area contributed by atoms with Crippen LogP contribution >= 0.6 is 0 Å². The van der Waals surface area contributed by atoms with Gasteiger partial charge in [0.1, 0.15) is 5.75 Å². The molecule has 2 unspecified atom stereocenters. The van der Waals surface area contributed by atoms with Gasteiger partial charge in [-0.15, -0.1) is 0 Å². The molecule has 14 heavy (non-hydrogen) atoms. The fraction of sp³-hybridized carbons (Fsp3) is 0.400. The van der Waals surface area contributed by atoms with Gasteiger partial charge in [0.2, 0.25) is 0 Å². The Hall–Kier alpha value is -0.870. The van der Waals surface area contributed by atoms with E-state index >= 15 is 0 Å². The first-order valence-corrected chi connectivity index (χ1v) is 5.74. The molecule has 0 aliphatic carbocycles. The maximum Gasteiger partial charge on any atom is 0.134 e. The quantitative estimate of drug-likeness (QED) is 0.816. The molecule has 0 bridgehead atoms. The van der Waals surface area contributed by atoms with Gasteiger partial charge in [0.05, 0.1) is 22.8 Å². The number of benzene rings is 1. The maximum absolute atomic E-state index is 11.8. The lowest BCUT2D eigenvalue weighted by molar-refractivity contribution is 0.404. The zero-order valence-corrected chi connectivity index (χ0v) is 9.21. The van der Waals surface area contributed by atoms with Gasteiger partial charge in [0, 0.05) is 11.8 Å². The number of para-hydroxylation sites is 1. The van der Waals surface area contributed by atoms with Gasteiger partial charge < -0.3 is 10.5 Å². The van der Waals surface area contributed by atoms with Crippen molar-refractivity contribution in [3.05, 3.63) is 24.3 Å². The molecule has 1 aromatic rings. The molecule has 0 fully saturated rings. The smallest absolute Gasteiger partial charge is 0.134 e. The van der Waals surface area contributed by atoms with E-state index in [0.29, 0.717) is 16.4 Å². The third-order valence-corrected chi connectivity index (χ3v) is 3.38. The first kappa shape index (κ1) is 11.2. The normalized spacial score (nSPS) is 14.8. The van der Waals surface area contributed by atoms with E-state index in [1.165, 1.54) is 0 Å². The number of methoxy groups -OCH3 is 1. The summed E-state index contributed by atoms with van der Waals surface area (Å²) in [5.74, 6) is 1.12. The molecule has 0 aliphatic rings. The Morgan fingerprint density at radius 2 is 2.14 bits per heavy atom. The molecule has 0 spiro atoms. The number of nitrogens with two attached hydrogens (primary N) is 1. The Bertz CT molecular complexity index is 326. The molecule has 0 aromatic heterocycles. The predicted molar refractivity (Wildman–Crippen MR) is 57.9 cm³/mol. The lowest BCUT2D eigenvalue weighted by Crippen LogP contribution is -2.23. The van der Waals surface area contributed by atoms with Crippen LogP contribution in [-0.2, 0) is 10.8 Å². The van der Waals surface area contributed by atoms with Crippen LogP contribution in [0, 0.1) is 0 Å². The average Bonchev–Trinajstić information content (AvgIpc) is 2.16. The van der Waals surface area contributed by atoms with Crippen LogP contribution in [0.3, 0.4) is 0 Å². The van der Waals surface area contributed by atoms with E-state index in [2.05, 4.69) is 0 Å². The van der Waals surface area contributed by atoms with Gasteiger partial charge in [-0.2, -0.15) is 0 Å². The molecule has 3 nitrogen and oxygen atoms in total. The molecular weight excluding hydrogens is 198 g/mol. The van der Waals surface area contributed by atoms with Crippen LogP contribution < -0.4 is 10.5 Å². The number of hydrogen-bond acceptors (Lipinski definition) is 3. The molecule has 4 heteroatoms. The summed E-state index contributed by atoms with van der Waals surface area (Å²) in [4.78, 5) is 0.715. The highest BCUT2D eigenvalue weighted by atomic mass is 32.2. The first-order chi connectivity index (χ1) is 6.65. The van der Waals surface area contributed by atoms with Crippen LogP contribution in [0.4, 0.5) is 0 Å². The largest absolute Gasteiger partial charge is 0.495 e. The Labute approximate surface area is 86.7 Å². The van der Waals surface area contributed by atoms with Gasteiger partial charge in [-0.05, 0) is 19.1 Å². The third-order valence-electron chi connectivity index (χ3n) is 1.73. The third kappa shape index (κ3) is 2.82. The van der Waals surface area contributed by atoms with E-state index in [4.69, 9.17) is 10.5 Å². The standard InChI is InChI=1S/C10H15NO2S/c1-8(11)7-14(12)10-6-4-3-5-9(10)13-2/h3-6,8H,7,11H2,1-2H3. The molecule has 0 saturated carbocycles. The van der Waals surface area contributed by atoms with E-state index in [-0.39, 0.29) is 6.04 Å². The number of hydrogen-bond donors (Lipinski definition) is 1. The average molecular weight is 213 g/mol. The molecule has 1 aromatic carbocycles. The second-order valence-corrected chi connectivity index (χ2v) is 4.60. The van der Waals surface area contributed by atoms with Crippen molar-refractivity contribution in [3.8, 4) is 5.75 Å². The Balaban J connectivity index is 2.88. The van der Waals surface area contributed by atoms with Crippen molar-refractivity contribution in [2.24, 2.45) is 5.73 Å². The summed E-state index contributed by atoms with van der Waals surface area (Å²) in [6.45, 7) is 1.84. The molecule has 0 amide bonds. The molecular formula is C10H15NO2S. The fourth-order valence-electron chi connectivity index (χ4n) is 1.14. The topological polar surface area (TPSA) is 52.3 Å². The van der Waals surface area contributed by atoms with Crippen LogP contribution in [0.5, 0.6) is 5.75 Å². The van der Waals surface area contributed by atoms with Crippen LogP contribution in [0.15, 0.2) is 29.2 Å². The first-order valence-electron chi connectivity index (χ1n) is 4.42. The van der Waals surface area contributed by atoms with Gasteiger partial charge in [0.25, 0.3) is 0 Å². The van der Waals surface area contributed by atoms with E-state index in [0.717, 1.165) is 0 Å². The molecule has 0 aliphatic heterocycles. The molecule has 2 N–H and O–H groups in total. The summed E-state index contributed by atoms with van der Waals surface area (Å²) < 4.78 is 16.9. The van der Waals surface area contributed by atoms with E-state index in [1.54, 1.807) is 19.2 Å². The van der Waals surface area contributed by atoms with E-state index in [1.807, 2.05) is 19.1 Å². The molecule has 0 saturated heterocycles. The van der Waals surface area contributed by atoms with Crippen LogP contribution in [-0.4, -0.2) is 23.1 Å².